The Labute approximate surface area is 199 Å². The molecule has 8 heteroatoms. The smallest absolute Gasteiger partial charge is 0.266 e. The molecular weight excluding hydrogens is 486 g/mol. The lowest BCUT2D eigenvalue weighted by Gasteiger charge is -2.08. The molecule has 3 rings (SSSR count). The zero-order valence-electron chi connectivity index (χ0n) is 17.7. The maximum atomic E-state index is 12.4. The summed E-state index contributed by atoms with van der Waals surface area (Å²) in [4.78, 5) is 24.5. The number of nitrogens with zero attached hydrogens (tertiary/aromatic N) is 1. The van der Waals surface area contributed by atoms with Crippen LogP contribution in [0.15, 0.2) is 82.8 Å². The maximum absolute atomic E-state index is 12.4. The molecule has 0 atom stereocenters. The molecule has 2 N–H and O–H groups in total. The Morgan fingerprint density at radius 1 is 0.970 bits per heavy atom. The number of hydrogen-bond acceptors (Lipinski definition) is 5. The molecule has 0 aliphatic carbocycles. The second-order valence-corrected chi connectivity index (χ2v) is 7.68. The third-order valence-corrected chi connectivity index (χ3v) is 4.91. The average molecular weight is 506 g/mol. The number of carbonyl (C=O) groups excluding carboxylic acids is 2. The van der Waals surface area contributed by atoms with E-state index in [1.165, 1.54) is 13.2 Å². The molecule has 166 valence electrons. The summed E-state index contributed by atoms with van der Waals surface area (Å²) in [6.45, 7) is -0.155. The molecule has 0 saturated heterocycles. The molecule has 2 amide bonds. The molecule has 3 aromatic carbocycles. The van der Waals surface area contributed by atoms with Crippen LogP contribution in [0.25, 0.3) is 6.08 Å². The van der Waals surface area contributed by atoms with Crippen molar-refractivity contribution in [1.82, 2.24) is 0 Å². The predicted molar refractivity (Wildman–Crippen MR) is 130 cm³/mol. The number of amides is 2. The fraction of sp³-hybridized carbons (Fsp3) is 0.0800. The van der Waals surface area contributed by atoms with Gasteiger partial charge < -0.3 is 20.1 Å². The number of ether oxygens (including phenoxy) is 2. The van der Waals surface area contributed by atoms with Crippen LogP contribution in [-0.2, 0) is 9.59 Å². The first-order valence-corrected chi connectivity index (χ1v) is 10.6. The highest BCUT2D eigenvalue weighted by molar-refractivity contribution is 9.10. The van der Waals surface area contributed by atoms with Crippen molar-refractivity contribution in [2.24, 2.45) is 0 Å². The quantitative estimate of drug-likeness (QED) is 0.330. The zero-order valence-corrected chi connectivity index (χ0v) is 19.3. The van der Waals surface area contributed by atoms with Crippen LogP contribution in [-0.4, -0.2) is 25.5 Å². The summed E-state index contributed by atoms with van der Waals surface area (Å²) in [5, 5.41) is 14.8. The van der Waals surface area contributed by atoms with E-state index in [1.54, 1.807) is 60.7 Å². The second kappa shape index (κ2) is 11.5. The lowest BCUT2D eigenvalue weighted by molar-refractivity contribution is -0.118. The van der Waals surface area contributed by atoms with E-state index in [2.05, 4.69) is 26.6 Å². The first-order chi connectivity index (χ1) is 16.0. The highest BCUT2D eigenvalue weighted by Gasteiger charge is 2.10. The van der Waals surface area contributed by atoms with Crippen LogP contribution in [0.3, 0.4) is 0 Å². The van der Waals surface area contributed by atoms with E-state index in [0.29, 0.717) is 28.4 Å². The molecule has 7 nitrogen and oxygen atoms in total. The Balaban J connectivity index is 1.57. The molecule has 0 heterocycles. The number of methoxy groups -OCH3 is 1. The molecule has 33 heavy (non-hydrogen) atoms. The number of hydrogen-bond donors (Lipinski definition) is 2. The summed E-state index contributed by atoms with van der Waals surface area (Å²) in [6.07, 6.45) is 1.47. The van der Waals surface area contributed by atoms with E-state index in [1.807, 2.05) is 18.2 Å². The summed E-state index contributed by atoms with van der Waals surface area (Å²) in [5.41, 5.74) is 1.77. The Kier molecular flexibility index (Phi) is 8.22. The van der Waals surface area contributed by atoms with E-state index >= 15 is 0 Å². The fourth-order valence-corrected chi connectivity index (χ4v) is 3.02. The minimum Gasteiger partial charge on any atom is -0.497 e. The van der Waals surface area contributed by atoms with Crippen molar-refractivity contribution in [1.29, 1.82) is 5.26 Å². The van der Waals surface area contributed by atoms with Gasteiger partial charge in [-0.2, -0.15) is 5.26 Å². The first kappa shape index (κ1) is 23.6. The number of nitrogens with one attached hydrogen (secondary N) is 2. The monoisotopic (exact) mass is 505 g/mol. The summed E-state index contributed by atoms with van der Waals surface area (Å²) in [7, 11) is 1.53. The van der Waals surface area contributed by atoms with Crippen molar-refractivity contribution in [2.45, 2.75) is 0 Å². The Morgan fingerprint density at radius 3 is 2.36 bits per heavy atom. The van der Waals surface area contributed by atoms with Crippen molar-refractivity contribution in [3.05, 3.63) is 88.4 Å². The minimum atomic E-state index is -0.532. The van der Waals surface area contributed by atoms with Crippen molar-refractivity contribution < 1.29 is 19.1 Å². The highest BCUT2D eigenvalue weighted by atomic mass is 79.9. The molecule has 0 saturated carbocycles. The van der Waals surface area contributed by atoms with Crippen molar-refractivity contribution >= 4 is 45.2 Å². The first-order valence-electron chi connectivity index (χ1n) is 9.82. The molecule has 0 aliphatic heterocycles. The van der Waals surface area contributed by atoms with Gasteiger partial charge in [-0.1, -0.05) is 34.1 Å². The van der Waals surface area contributed by atoms with Gasteiger partial charge in [0.15, 0.2) is 6.61 Å². The number of benzene rings is 3. The summed E-state index contributed by atoms with van der Waals surface area (Å²) >= 11 is 3.34. The van der Waals surface area contributed by atoms with Gasteiger partial charge in [-0.25, -0.2) is 0 Å². The van der Waals surface area contributed by atoms with Gasteiger partial charge in [0.2, 0.25) is 0 Å². The minimum absolute atomic E-state index is 0.0552. The number of rotatable bonds is 8. The van der Waals surface area contributed by atoms with Gasteiger partial charge >= 0.3 is 0 Å². The van der Waals surface area contributed by atoms with Gasteiger partial charge in [-0.3, -0.25) is 9.59 Å². The van der Waals surface area contributed by atoms with Crippen molar-refractivity contribution in [3.63, 3.8) is 0 Å². The normalized spacial score (nSPS) is 10.6. The van der Waals surface area contributed by atoms with Crippen LogP contribution in [0.1, 0.15) is 5.56 Å². The van der Waals surface area contributed by atoms with Crippen LogP contribution in [0, 0.1) is 11.3 Å². The Bertz CT molecular complexity index is 1200. The number of nitriles is 1. The standard InChI is InChI=1S/C25H20BrN3O4/c1-32-23-4-2-3-21(14-23)29-25(31)18(15-27)13-17-5-11-22(12-6-17)33-16-24(30)28-20-9-7-19(26)8-10-20/h2-14H,16H2,1H3,(H,28,30)(H,29,31)/b18-13+. The Morgan fingerprint density at radius 2 is 1.70 bits per heavy atom. The maximum Gasteiger partial charge on any atom is 0.266 e. The molecule has 0 fully saturated rings. The van der Waals surface area contributed by atoms with Gasteiger partial charge in [-0.15, -0.1) is 0 Å². The van der Waals surface area contributed by atoms with E-state index in [9.17, 15) is 14.9 Å². The van der Waals surface area contributed by atoms with Gasteiger partial charge in [0, 0.05) is 21.9 Å². The van der Waals surface area contributed by atoms with Gasteiger partial charge in [0.1, 0.15) is 23.1 Å². The second-order valence-electron chi connectivity index (χ2n) is 6.77. The van der Waals surface area contributed by atoms with Crippen LogP contribution >= 0.6 is 15.9 Å². The van der Waals surface area contributed by atoms with Crippen molar-refractivity contribution in [2.75, 3.05) is 24.4 Å². The number of halogens is 1. The van der Waals surface area contributed by atoms with E-state index in [0.717, 1.165) is 4.47 Å². The molecule has 0 radical (unpaired) electrons. The number of anilines is 2. The van der Waals surface area contributed by atoms with Crippen LogP contribution in [0.2, 0.25) is 0 Å². The van der Waals surface area contributed by atoms with Gasteiger partial charge in [0.25, 0.3) is 11.8 Å². The van der Waals surface area contributed by atoms with Crippen LogP contribution < -0.4 is 20.1 Å². The Hall–Kier alpha value is -4.09. The predicted octanol–water partition coefficient (Wildman–Crippen LogP) is 5.02. The van der Waals surface area contributed by atoms with E-state index in [4.69, 9.17) is 9.47 Å². The lowest BCUT2D eigenvalue weighted by atomic mass is 10.1. The molecule has 0 bridgehead atoms. The average Bonchev–Trinajstić information content (AvgIpc) is 2.83. The molecule has 0 aromatic heterocycles. The van der Waals surface area contributed by atoms with Gasteiger partial charge in [0.05, 0.1) is 7.11 Å². The molecule has 0 unspecified atom stereocenters. The molecule has 0 spiro atoms. The summed E-state index contributed by atoms with van der Waals surface area (Å²) in [6, 6.07) is 22.7. The third kappa shape index (κ3) is 7.23. The molecular formula is C25H20BrN3O4. The summed E-state index contributed by atoms with van der Waals surface area (Å²) < 4.78 is 11.5. The number of carbonyl (C=O) groups is 2. The van der Waals surface area contributed by atoms with E-state index in [-0.39, 0.29) is 18.1 Å². The fourth-order valence-electron chi connectivity index (χ4n) is 2.75. The largest absolute Gasteiger partial charge is 0.497 e. The third-order valence-electron chi connectivity index (χ3n) is 4.38. The topological polar surface area (TPSA) is 100 Å². The van der Waals surface area contributed by atoms with Crippen LogP contribution in [0.5, 0.6) is 11.5 Å². The zero-order chi connectivity index (χ0) is 23.6. The molecule has 0 aliphatic rings. The lowest BCUT2D eigenvalue weighted by Crippen LogP contribution is -2.20. The highest BCUT2D eigenvalue weighted by Crippen LogP contribution is 2.19. The van der Waals surface area contributed by atoms with Crippen molar-refractivity contribution in [3.8, 4) is 17.6 Å². The van der Waals surface area contributed by atoms with Crippen LogP contribution in [0.4, 0.5) is 11.4 Å². The SMILES string of the molecule is COc1cccc(NC(=O)/C(C#N)=C/c2ccc(OCC(=O)Nc3ccc(Br)cc3)cc2)c1. The van der Waals surface area contributed by atoms with E-state index < -0.39 is 5.91 Å². The molecule has 3 aromatic rings. The van der Waals surface area contributed by atoms with Gasteiger partial charge in [-0.05, 0) is 60.2 Å². The summed E-state index contributed by atoms with van der Waals surface area (Å²) in [5.74, 6) is 0.256.